The number of hydrogen-bond acceptors (Lipinski definition) is 15. The summed E-state index contributed by atoms with van der Waals surface area (Å²) < 4.78 is 52.2. The summed E-state index contributed by atoms with van der Waals surface area (Å²) in [7, 11) is 0. The summed E-state index contributed by atoms with van der Waals surface area (Å²) in [6.45, 7) is 15.4. The number of rotatable bonds is 23. The molecule has 0 heterocycles. The summed E-state index contributed by atoms with van der Waals surface area (Å²) in [5.74, 6) is 9.02. The molecular formula is C81H138O15. The Bertz CT molecular complexity index is 2480. The largest absolute Gasteiger partial charge is 0.462 e. The van der Waals surface area contributed by atoms with E-state index in [1.807, 2.05) is 48.5 Å². The van der Waals surface area contributed by atoms with Crippen molar-refractivity contribution in [3.63, 3.8) is 0 Å². The van der Waals surface area contributed by atoms with Crippen LogP contribution in [0.5, 0.6) is 0 Å². The van der Waals surface area contributed by atoms with Crippen molar-refractivity contribution < 1.29 is 71.4 Å². The molecule has 14 unspecified atom stereocenters. The van der Waals surface area contributed by atoms with Gasteiger partial charge < -0.3 is 42.6 Å². The fraction of sp³-hybridized carbons (Fsp3) is 0.926. The SMILES string of the molecule is C.C.C.C.C.C.CCC(C)(C)C(=O)OC1CC2CC(C(=O)OCOCC34CC5CC(CC(C5)C3)C4)C1C2.CCC(C)C(=O)OC1CC2CC(C(=O)OCOC3C4CC5CC(C4)CC3C5)C1C2.CCC(C)C(=O)OC1CC2CC(C(=O)OCOCC34CC5CC(CC(C5)C3)C4)C1C2. The van der Waals surface area contributed by atoms with E-state index in [1.165, 1.54) is 109 Å². The van der Waals surface area contributed by atoms with Crippen molar-refractivity contribution in [3.8, 4) is 0 Å². The summed E-state index contributed by atoms with van der Waals surface area (Å²) in [6, 6.07) is 0. The first-order valence-corrected chi connectivity index (χ1v) is 37.1. The Balaban J connectivity index is 0.000000197. The van der Waals surface area contributed by atoms with Crippen LogP contribution < -0.4 is 0 Å². The highest BCUT2D eigenvalue weighted by Crippen LogP contribution is 2.62. The molecule has 0 N–H and O–H groups in total. The summed E-state index contributed by atoms with van der Waals surface area (Å²) in [5.41, 5.74) is 0.227. The molecule has 0 aliphatic heterocycles. The fourth-order valence-corrected chi connectivity index (χ4v) is 23.7. The molecule has 18 fully saturated rings. The lowest BCUT2D eigenvalue weighted by Crippen LogP contribution is -2.49. The van der Waals surface area contributed by atoms with Crippen LogP contribution in [0.4, 0.5) is 0 Å². The van der Waals surface area contributed by atoms with Gasteiger partial charge in [0.15, 0.2) is 20.4 Å². The van der Waals surface area contributed by atoms with Gasteiger partial charge >= 0.3 is 35.8 Å². The normalized spacial score (nSPS) is 41.3. The van der Waals surface area contributed by atoms with E-state index in [1.54, 1.807) is 0 Å². The van der Waals surface area contributed by atoms with Crippen LogP contribution in [0, 0.1) is 141 Å². The highest BCUT2D eigenvalue weighted by atomic mass is 16.7. The molecule has 18 aliphatic carbocycles. The molecule has 15 heteroatoms. The van der Waals surface area contributed by atoms with E-state index >= 15 is 0 Å². The number of ether oxygens (including phenoxy) is 9. The van der Waals surface area contributed by atoms with E-state index in [0.29, 0.717) is 46.5 Å². The number of carbonyl (C=O) groups is 6. The highest BCUT2D eigenvalue weighted by Gasteiger charge is 2.57. The highest BCUT2D eigenvalue weighted by molar-refractivity contribution is 5.77. The molecule has 18 bridgehead atoms. The van der Waals surface area contributed by atoms with Crippen LogP contribution in [-0.4, -0.2) is 93.8 Å². The van der Waals surface area contributed by atoms with Gasteiger partial charge in [-0.3, -0.25) is 28.8 Å². The predicted octanol–water partition coefficient (Wildman–Crippen LogP) is 18.0. The van der Waals surface area contributed by atoms with Gasteiger partial charge in [0.1, 0.15) is 18.3 Å². The Kier molecular flexibility index (Phi) is 27.7. The average Bonchev–Trinajstić information content (AvgIpc) is 1.41. The van der Waals surface area contributed by atoms with Gasteiger partial charge in [-0.1, -0.05) is 79.2 Å². The van der Waals surface area contributed by atoms with Gasteiger partial charge in [0.2, 0.25) is 0 Å². The molecule has 96 heavy (non-hydrogen) atoms. The molecule has 15 nitrogen and oxygen atoms in total. The molecule has 18 aliphatic rings. The first-order chi connectivity index (χ1) is 43.2. The third-order valence-corrected chi connectivity index (χ3v) is 27.7. The smallest absolute Gasteiger partial charge is 0.311 e. The van der Waals surface area contributed by atoms with Crippen molar-refractivity contribution >= 4 is 35.8 Å². The Hall–Kier alpha value is -3.30. The quantitative estimate of drug-likeness (QED) is 0.0407. The minimum absolute atomic E-state index is 0. The van der Waals surface area contributed by atoms with Crippen LogP contribution in [-0.2, 0) is 71.4 Å². The first kappa shape index (κ1) is 80.0. The third kappa shape index (κ3) is 17.2. The summed E-state index contributed by atoms with van der Waals surface area (Å²) in [5, 5.41) is 0. The van der Waals surface area contributed by atoms with E-state index in [2.05, 4.69) is 0 Å². The van der Waals surface area contributed by atoms with Gasteiger partial charge in [0.25, 0.3) is 0 Å². The average molecular weight is 1350 g/mol. The summed E-state index contributed by atoms with van der Waals surface area (Å²) in [6.07, 6.45) is 33.6. The van der Waals surface area contributed by atoms with E-state index in [9.17, 15) is 28.8 Å². The molecule has 0 aromatic carbocycles. The van der Waals surface area contributed by atoms with Crippen molar-refractivity contribution in [2.24, 2.45) is 141 Å². The second-order valence-electron chi connectivity index (χ2n) is 34.6. The zero-order chi connectivity index (χ0) is 62.8. The van der Waals surface area contributed by atoms with Crippen LogP contribution in [0.2, 0.25) is 0 Å². The molecule has 0 radical (unpaired) electrons. The second-order valence-corrected chi connectivity index (χ2v) is 34.6. The van der Waals surface area contributed by atoms with Crippen LogP contribution >= 0.6 is 0 Å². The van der Waals surface area contributed by atoms with Crippen molar-refractivity contribution in [1.82, 2.24) is 0 Å². The Morgan fingerprint density at radius 3 is 1.00 bits per heavy atom. The molecule has 0 amide bonds. The first-order valence-electron chi connectivity index (χ1n) is 37.1. The van der Waals surface area contributed by atoms with Gasteiger partial charge in [0.05, 0.1) is 54.3 Å². The maximum Gasteiger partial charge on any atom is 0.311 e. The van der Waals surface area contributed by atoms with E-state index in [0.717, 1.165) is 138 Å². The molecule has 0 aromatic rings. The van der Waals surface area contributed by atoms with E-state index < -0.39 is 5.41 Å². The maximum absolute atomic E-state index is 12.8. The second kappa shape index (κ2) is 33.2. The maximum atomic E-state index is 12.8. The zero-order valence-electron chi connectivity index (χ0n) is 56.1. The molecule has 0 aromatic heterocycles. The Morgan fingerprint density at radius 1 is 0.385 bits per heavy atom. The number of hydrogen-bond donors (Lipinski definition) is 0. The fourth-order valence-electron chi connectivity index (χ4n) is 23.7. The van der Waals surface area contributed by atoms with Crippen molar-refractivity contribution in [2.75, 3.05) is 33.6 Å². The third-order valence-electron chi connectivity index (χ3n) is 27.7. The van der Waals surface area contributed by atoms with Gasteiger partial charge in [-0.25, -0.2) is 0 Å². The number of carbonyl (C=O) groups excluding carboxylic acids is 6. The number of fused-ring (bicyclic) bond motifs is 6. The van der Waals surface area contributed by atoms with Gasteiger partial charge in [-0.2, -0.15) is 0 Å². The lowest BCUT2D eigenvalue weighted by atomic mass is 9.50. The van der Waals surface area contributed by atoms with Crippen molar-refractivity contribution in [2.45, 2.75) is 304 Å². The summed E-state index contributed by atoms with van der Waals surface area (Å²) >= 11 is 0. The van der Waals surface area contributed by atoms with E-state index in [-0.39, 0.29) is 166 Å². The molecule has 18 saturated carbocycles. The Morgan fingerprint density at radius 2 is 0.688 bits per heavy atom. The molecule has 18 rings (SSSR count). The predicted molar refractivity (Wildman–Crippen MR) is 374 cm³/mol. The molecule has 0 saturated heterocycles. The van der Waals surface area contributed by atoms with Crippen LogP contribution in [0.3, 0.4) is 0 Å². The van der Waals surface area contributed by atoms with Crippen LogP contribution in [0.1, 0.15) is 279 Å². The van der Waals surface area contributed by atoms with Gasteiger partial charge in [0, 0.05) is 17.8 Å². The van der Waals surface area contributed by atoms with Crippen molar-refractivity contribution in [1.29, 1.82) is 0 Å². The lowest BCUT2D eigenvalue weighted by molar-refractivity contribution is -0.192. The summed E-state index contributed by atoms with van der Waals surface area (Å²) in [4.78, 5) is 75.2. The molecule has 14 atom stereocenters. The molecular weight excluding hydrogens is 1210 g/mol. The number of esters is 6. The van der Waals surface area contributed by atoms with Crippen LogP contribution in [0.25, 0.3) is 0 Å². The van der Waals surface area contributed by atoms with E-state index in [4.69, 9.17) is 42.6 Å². The lowest BCUT2D eigenvalue weighted by Gasteiger charge is -2.56. The topological polar surface area (TPSA) is 185 Å². The van der Waals surface area contributed by atoms with Gasteiger partial charge in [-0.15, -0.1) is 0 Å². The van der Waals surface area contributed by atoms with Gasteiger partial charge in [-0.05, 0) is 288 Å². The van der Waals surface area contributed by atoms with Crippen molar-refractivity contribution in [3.05, 3.63) is 0 Å². The monoisotopic (exact) mass is 1350 g/mol. The van der Waals surface area contributed by atoms with Crippen LogP contribution in [0.15, 0.2) is 0 Å². The molecule has 0 spiro atoms. The zero-order valence-corrected chi connectivity index (χ0v) is 56.1. The molecule has 552 valence electrons. The minimum Gasteiger partial charge on any atom is -0.462 e. The Labute approximate surface area is 582 Å². The minimum atomic E-state index is -0.469. The standard InChI is InChI=1S/C26H40O5.C25H38O5.C24H36O5.6CH4/c1-4-25(2,3)24(28)31-22-10-16-8-20(22)21(9-16)23(27)30-15-29-14-26-11-17-5-18(12-26)7-19(6-17)13-26;1-3-15(2)23(26)30-22-9-16-7-20(22)21(8-16)24(27)29-14-28-13-25-10-17-4-18(11-25)6-19(5-17)12-25;1-3-13(2)23(25)29-21-11-16-9-19(21)20(10-16)24(26)28-12-27-22-17-5-14-4-15(7-17)8-18(22)6-14;;;;;;/h16-22H,4-15H2,1-3H3;15-22H,3-14H2,1-2H3;13-22H,3-12H2,1-2H3;6*1H4.